The lowest BCUT2D eigenvalue weighted by atomic mass is 9.85. The zero-order chi connectivity index (χ0) is 12.3. The van der Waals surface area contributed by atoms with Crippen LogP contribution in [0.15, 0.2) is 0 Å². The molecule has 2 rings (SSSR count). The van der Waals surface area contributed by atoms with Crippen LogP contribution in [-0.2, 0) is 0 Å². The first-order chi connectivity index (χ1) is 8.20. The van der Waals surface area contributed by atoms with Crippen molar-refractivity contribution >= 4 is 6.03 Å². The Morgan fingerprint density at radius 2 is 1.71 bits per heavy atom. The molecule has 1 aliphatic heterocycles. The molecule has 2 amide bonds. The van der Waals surface area contributed by atoms with E-state index in [0.717, 1.165) is 13.1 Å². The Kier molecular flexibility index (Phi) is 4.30. The second kappa shape index (κ2) is 5.74. The average molecular weight is 238 g/mol. The number of urea groups is 1. The van der Waals surface area contributed by atoms with E-state index >= 15 is 0 Å². The highest BCUT2D eigenvalue weighted by molar-refractivity contribution is 5.74. The average Bonchev–Trinajstić information content (AvgIpc) is 2.39. The summed E-state index contributed by atoms with van der Waals surface area (Å²) in [6.07, 6.45) is 8.74. The summed E-state index contributed by atoms with van der Waals surface area (Å²) in [7, 11) is 2.00. The highest BCUT2D eigenvalue weighted by Crippen LogP contribution is 2.28. The van der Waals surface area contributed by atoms with E-state index in [1.165, 1.54) is 44.9 Å². The summed E-state index contributed by atoms with van der Waals surface area (Å²) in [5.41, 5.74) is 0. The maximum atomic E-state index is 12.4. The molecule has 0 bridgehead atoms. The molecule has 0 N–H and O–H groups in total. The van der Waals surface area contributed by atoms with Crippen molar-refractivity contribution in [1.82, 2.24) is 9.80 Å². The van der Waals surface area contributed by atoms with Gasteiger partial charge in [-0.15, -0.1) is 0 Å². The third-order valence-electron chi connectivity index (χ3n) is 4.49. The quantitative estimate of drug-likeness (QED) is 0.688. The molecule has 2 unspecified atom stereocenters. The van der Waals surface area contributed by atoms with Crippen molar-refractivity contribution in [2.24, 2.45) is 5.92 Å². The Balaban J connectivity index is 1.92. The van der Waals surface area contributed by atoms with Crippen LogP contribution in [0.5, 0.6) is 0 Å². The first-order valence-corrected chi connectivity index (χ1v) is 7.22. The van der Waals surface area contributed by atoms with Crippen LogP contribution in [0.1, 0.15) is 51.9 Å². The van der Waals surface area contributed by atoms with E-state index in [1.807, 2.05) is 16.8 Å². The first-order valence-electron chi connectivity index (χ1n) is 7.22. The van der Waals surface area contributed by atoms with E-state index in [0.29, 0.717) is 12.0 Å². The molecule has 2 aliphatic rings. The fourth-order valence-electron chi connectivity index (χ4n) is 3.32. The topological polar surface area (TPSA) is 23.6 Å². The van der Waals surface area contributed by atoms with Crippen LogP contribution in [0.4, 0.5) is 4.79 Å². The summed E-state index contributed by atoms with van der Waals surface area (Å²) in [4.78, 5) is 16.5. The number of carbonyl (C=O) groups excluding carboxylic acids is 1. The van der Waals surface area contributed by atoms with Gasteiger partial charge in [0.05, 0.1) is 0 Å². The molecular formula is C14H26N2O. The molecule has 17 heavy (non-hydrogen) atoms. The van der Waals surface area contributed by atoms with Gasteiger partial charge in [0.2, 0.25) is 0 Å². The molecule has 0 aromatic rings. The van der Waals surface area contributed by atoms with E-state index in [1.54, 1.807) is 0 Å². The van der Waals surface area contributed by atoms with Crippen LogP contribution in [0, 0.1) is 5.92 Å². The largest absolute Gasteiger partial charge is 0.325 e. The summed E-state index contributed by atoms with van der Waals surface area (Å²) in [6.45, 7) is 4.22. The number of piperidine rings is 1. The molecule has 0 aromatic carbocycles. The first kappa shape index (κ1) is 12.7. The minimum absolute atomic E-state index is 0.267. The van der Waals surface area contributed by atoms with Crippen molar-refractivity contribution in [2.75, 3.05) is 20.1 Å². The molecule has 1 saturated carbocycles. The molecule has 1 saturated heterocycles. The molecule has 0 spiro atoms. The number of likely N-dealkylation sites (tertiary alicyclic amines) is 1. The van der Waals surface area contributed by atoms with Gasteiger partial charge in [0.15, 0.2) is 0 Å². The standard InChI is InChI=1S/C14H26N2O/c1-12-8-4-5-9-13(12)15(2)14(17)16-10-6-3-7-11-16/h12-13H,3-11H2,1-2H3. The van der Waals surface area contributed by atoms with Gasteiger partial charge in [-0.1, -0.05) is 19.8 Å². The van der Waals surface area contributed by atoms with Crippen molar-refractivity contribution < 1.29 is 4.79 Å². The van der Waals surface area contributed by atoms with Crippen LogP contribution < -0.4 is 0 Å². The van der Waals surface area contributed by atoms with Gasteiger partial charge in [-0.2, -0.15) is 0 Å². The van der Waals surface area contributed by atoms with Gasteiger partial charge in [-0.3, -0.25) is 0 Å². The van der Waals surface area contributed by atoms with Crippen LogP contribution >= 0.6 is 0 Å². The van der Waals surface area contributed by atoms with E-state index < -0.39 is 0 Å². The molecular weight excluding hydrogens is 212 g/mol. The van der Waals surface area contributed by atoms with Crippen molar-refractivity contribution in [3.63, 3.8) is 0 Å². The second-order valence-corrected chi connectivity index (χ2v) is 5.77. The minimum atomic E-state index is 0.267. The number of rotatable bonds is 1. The van der Waals surface area contributed by atoms with Gasteiger partial charge >= 0.3 is 6.03 Å². The molecule has 2 fully saturated rings. The lowest BCUT2D eigenvalue weighted by Crippen LogP contribution is -2.50. The maximum Gasteiger partial charge on any atom is 0.319 e. The molecule has 2 atom stereocenters. The number of hydrogen-bond donors (Lipinski definition) is 0. The Bertz CT molecular complexity index is 261. The monoisotopic (exact) mass is 238 g/mol. The van der Waals surface area contributed by atoms with Crippen molar-refractivity contribution in [3.8, 4) is 0 Å². The lowest BCUT2D eigenvalue weighted by molar-refractivity contribution is 0.108. The summed E-state index contributed by atoms with van der Waals surface area (Å²) in [5, 5.41) is 0. The summed E-state index contributed by atoms with van der Waals surface area (Å²) < 4.78 is 0. The van der Waals surface area contributed by atoms with Crippen molar-refractivity contribution in [2.45, 2.75) is 57.9 Å². The Morgan fingerprint density at radius 3 is 2.35 bits per heavy atom. The fourth-order valence-corrected chi connectivity index (χ4v) is 3.32. The Hall–Kier alpha value is -0.730. The summed E-state index contributed by atoms with van der Waals surface area (Å²) in [5.74, 6) is 0.669. The van der Waals surface area contributed by atoms with Crippen LogP contribution in [0.3, 0.4) is 0 Å². The zero-order valence-electron chi connectivity index (χ0n) is 11.3. The predicted octanol–water partition coefficient (Wildman–Crippen LogP) is 3.10. The van der Waals surface area contributed by atoms with Gasteiger partial charge in [0, 0.05) is 26.2 Å². The third kappa shape index (κ3) is 2.93. The predicted molar refractivity (Wildman–Crippen MR) is 70.0 cm³/mol. The maximum absolute atomic E-state index is 12.4. The minimum Gasteiger partial charge on any atom is -0.325 e. The highest BCUT2D eigenvalue weighted by Gasteiger charge is 2.30. The zero-order valence-corrected chi connectivity index (χ0v) is 11.3. The number of hydrogen-bond acceptors (Lipinski definition) is 1. The van der Waals surface area contributed by atoms with Gasteiger partial charge in [-0.05, 0) is 38.0 Å². The lowest BCUT2D eigenvalue weighted by Gasteiger charge is -2.39. The van der Waals surface area contributed by atoms with Crippen LogP contribution in [0.2, 0.25) is 0 Å². The molecule has 3 nitrogen and oxygen atoms in total. The molecule has 1 aliphatic carbocycles. The summed E-state index contributed by atoms with van der Waals surface area (Å²) in [6, 6.07) is 0.738. The normalized spacial score (nSPS) is 30.1. The molecule has 0 radical (unpaired) electrons. The number of carbonyl (C=O) groups is 1. The molecule has 98 valence electrons. The number of amides is 2. The Labute approximate surface area is 105 Å². The van der Waals surface area contributed by atoms with Crippen LogP contribution in [-0.4, -0.2) is 42.0 Å². The van der Waals surface area contributed by atoms with Crippen molar-refractivity contribution in [3.05, 3.63) is 0 Å². The van der Waals surface area contributed by atoms with Gasteiger partial charge < -0.3 is 9.80 Å². The van der Waals surface area contributed by atoms with E-state index in [4.69, 9.17) is 0 Å². The molecule has 3 heteroatoms. The SMILES string of the molecule is CC1CCCCC1N(C)C(=O)N1CCCCC1. The van der Waals surface area contributed by atoms with Crippen LogP contribution in [0.25, 0.3) is 0 Å². The van der Waals surface area contributed by atoms with Gasteiger partial charge in [-0.25, -0.2) is 4.79 Å². The Morgan fingerprint density at radius 1 is 1.06 bits per heavy atom. The fraction of sp³-hybridized carbons (Fsp3) is 0.929. The molecule has 1 heterocycles. The smallest absolute Gasteiger partial charge is 0.319 e. The van der Waals surface area contributed by atoms with E-state index in [9.17, 15) is 4.79 Å². The third-order valence-corrected chi connectivity index (χ3v) is 4.49. The van der Waals surface area contributed by atoms with E-state index in [-0.39, 0.29) is 6.03 Å². The van der Waals surface area contributed by atoms with E-state index in [2.05, 4.69) is 6.92 Å². The highest BCUT2D eigenvalue weighted by atomic mass is 16.2. The second-order valence-electron chi connectivity index (χ2n) is 5.77. The van der Waals surface area contributed by atoms with Gasteiger partial charge in [0.25, 0.3) is 0 Å². The van der Waals surface area contributed by atoms with Gasteiger partial charge in [0.1, 0.15) is 0 Å². The number of nitrogens with zero attached hydrogens (tertiary/aromatic N) is 2. The summed E-state index contributed by atoms with van der Waals surface area (Å²) >= 11 is 0. The molecule has 0 aromatic heterocycles. The van der Waals surface area contributed by atoms with Crippen molar-refractivity contribution in [1.29, 1.82) is 0 Å².